The van der Waals surface area contributed by atoms with Crippen LogP contribution >= 0.6 is 7.82 Å². The molecule has 0 aromatic rings. The zero-order valence-corrected chi connectivity index (χ0v) is 47.7. The molecular formula is C63H110NO8P. The molecule has 9 nitrogen and oxygen atoms in total. The summed E-state index contributed by atoms with van der Waals surface area (Å²) in [7, 11) is -4.39. The minimum absolute atomic E-state index is 0.0484. The van der Waals surface area contributed by atoms with Crippen LogP contribution in [0.5, 0.6) is 0 Å². The second-order valence-electron chi connectivity index (χ2n) is 19.5. The van der Waals surface area contributed by atoms with E-state index >= 15 is 0 Å². The molecule has 2 unspecified atom stereocenters. The molecule has 0 aliphatic rings. The van der Waals surface area contributed by atoms with Crippen LogP contribution in [0.1, 0.15) is 258 Å². The average molecular weight is 1040 g/mol. The van der Waals surface area contributed by atoms with Crippen LogP contribution in [0.25, 0.3) is 0 Å². The van der Waals surface area contributed by atoms with Crippen molar-refractivity contribution in [2.75, 3.05) is 26.4 Å². The van der Waals surface area contributed by atoms with Gasteiger partial charge in [-0.25, -0.2) is 4.57 Å². The normalized spacial score (nSPS) is 13.8. The van der Waals surface area contributed by atoms with E-state index in [1.807, 2.05) is 0 Å². The first-order valence-corrected chi connectivity index (χ1v) is 31.2. The third-order valence-electron chi connectivity index (χ3n) is 12.5. The van der Waals surface area contributed by atoms with Gasteiger partial charge in [-0.15, -0.1) is 0 Å². The Morgan fingerprint density at radius 3 is 1.12 bits per heavy atom. The molecule has 10 heteroatoms. The Labute approximate surface area is 448 Å². The molecule has 0 fully saturated rings. The lowest BCUT2D eigenvalue weighted by molar-refractivity contribution is -0.161. The summed E-state index contributed by atoms with van der Waals surface area (Å²) in [4.78, 5) is 35.2. The Balaban J connectivity index is 3.94. The number of esters is 2. The summed E-state index contributed by atoms with van der Waals surface area (Å²) < 4.78 is 33.0. The maximum absolute atomic E-state index is 12.7. The number of allylic oxidation sites excluding steroid dienone is 16. The molecule has 0 saturated heterocycles. The van der Waals surface area contributed by atoms with E-state index in [0.717, 1.165) is 89.9 Å². The summed E-state index contributed by atoms with van der Waals surface area (Å²) in [5.74, 6) is -0.840. The fourth-order valence-corrected chi connectivity index (χ4v) is 8.85. The highest BCUT2D eigenvalue weighted by Gasteiger charge is 2.26. The van der Waals surface area contributed by atoms with Gasteiger partial charge in [-0.05, 0) is 96.3 Å². The summed E-state index contributed by atoms with van der Waals surface area (Å²) in [5, 5.41) is 0. The van der Waals surface area contributed by atoms with Gasteiger partial charge >= 0.3 is 19.8 Å². The SMILES string of the molecule is CC/C=C\C/C=C\C/C=C\C/C=C\C/C=C\CCCCCCCCCCCCCCCCCCCC(=O)OC(COC(=O)CCCCCCCC/C=C\C/C=C\C/C=C\CCCCC)COP(=O)(O)OCCN. The van der Waals surface area contributed by atoms with Gasteiger partial charge < -0.3 is 20.1 Å². The molecular weight excluding hydrogens is 930 g/mol. The van der Waals surface area contributed by atoms with Crippen LogP contribution < -0.4 is 5.73 Å². The van der Waals surface area contributed by atoms with Gasteiger partial charge in [0, 0.05) is 19.4 Å². The first-order chi connectivity index (χ1) is 35.8. The number of carbonyl (C=O) groups excluding carboxylic acids is 2. The van der Waals surface area contributed by atoms with Crippen LogP contribution in [0.2, 0.25) is 0 Å². The lowest BCUT2D eigenvalue weighted by Crippen LogP contribution is -2.29. The number of hydrogen-bond donors (Lipinski definition) is 2. The van der Waals surface area contributed by atoms with Crippen molar-refractivity contribution in [2.24, 2.45) is 5.73 Å². The van der Waals surface area contributed by atoms with E-state index in [2.05, 4.69) is 111 Å². The molecule has 0 aromatic carbocycles. The Hall–Kier alpha value is -3.07. The predicted molar refractivity (Wildman–Crippen MR) is 312 cm³/mol. The van der Waals surface area contributed by atoms with Crippen molar-refractivity contribution in [3.63, 3.8) is 0 Å². The van der Waals surface area contributed by atoms with Crippen LogP contribution in [0, 0.1) is 0 Å². The van der Waals surface area contributed by atoms with Crippen molar-refractivity contribution in [1.82, 2.24) is 0 Å². The fraction of sp³-hybridized carbons (Fsp3) is 0.714. The maximum Gasteiger partial charge on any atom is 0.472 e. The second-order valence-corrected chi connectivity index (χ2v) is 20.9. The average Bonchev–Trinajstić information content (AvgIpc) is 3.38. The van der Waals surface area contributed by atoms with Crippen molar-refractivity contribution >= 4 is 19.8 Å². The smallest absolute Gasteiger partial charge is 0.462 e. The summed E-state index contributed by atoms with van der Waals surface area (Å²) >= 11 is 0. The zero-order valence-electron chi connectivity index (χ0n) is 46.8. The summed E-state index contributed by atoms with van der Waals surface area (Å²) in [6.45, 7) is 3.60. The van der Waals surface area contributed by atoms with E-state index in [1.54, 1.807) is 0 Å². The minimum Gasteiger partial charge on any atom is -0.462 e. The molecule has 0 aliphatic heterocycles. The highest BCUT2D eigenvalue weighted by atomic mass is 31.2. The molecule has 420 valence electrons. The van der Waals surface area contributed by atoms with Crippen molar-refractivity contribution in [3.05, 3.63) is 97.2 Å². The predicted octanol–water partition coefficient (Wildman–Crippen LogP) is 18.8. The quantitative estimate of drug-likeness (QED) is 0.0264. The van der Waals surface area contributed by atoms with Gasteiger partial charge in [-0.1, -0.05) is 246 Å². The molecule has 3 N–H and O–H groups in total. The van der Waals surface area contributed by atoms with Crippen LogP contribution in [-0.2, 0) is 32.7 Å². The van der Waals surface area contributed by atoms with E-state index < -0.39 is 32.5 Å². The molecule has 0 aliphatic carbocycles. The molecule has 0 saturated carbocycles. The van der Waals surface area contributed by atoms with E-state index in [1.165, 1.54) is 128 Å². The number of nitrogens with two attached hydrogens (primary N) is 1. The number of unbranched alkanes of at least 4 members (excludes halogenated alkanes) is 26. The first kappa shape index (κ1) is 69.9. The number of phosphoric ester groups is 1. The van der Waals surface area contributed by atoms with Crippen molar-refractivity contribution < 1.29 is 37.6 Å². The Morgan fingerprint density at radius 1 is 0.425 bits per heavy atom. The zero-order chi connectivity index (χ0) is 53.1. The van der Waals surface area contributed by atoms with Gasteiger partial charge in [0.2, 0.25) is 0 Å². The molecule has 0 rings (SSSR count). The van der Waals surface area contributed by atoms with Crippen molar-refractivity contribution in [2.45, 2.75) is 264 Å². The number of hydrogen-bond acceptors (Lipinski definition) is 8. The van der Waals surface area contributed by atoms with Crippen molar-refractivity contribution in [1.29, 1.82) is 0 Å². The van der Waals surface area contributed by atoms with E-state index in [9.17, 15) is 19.0 Å². The Kier molecular flexibility index (Phi) is 55.7. The Morgan fingerprint density at radius 2 is 0.753 bits per heavy atom. The third kappa shape index (κ3) is 58.1. The van der Waals surface area contributed by atoms with Gasteiger partial charge in [0.1, 0.15) is 6.61 Å². The molecule has 0 aromatic heterocycles. The lowest BCUT2D eigenvalue weighted by atomic mass is 10.0. The molecule has 73 heavy (non-hydrogen) atoms. The monoisotopic (exact) mass is 1040 g/mol. The molecule has 0 heterocycles. The van der Waals surface area contributed by atoms with Crippen LogP contribution in [-0.4, -0.2) is 49.3 Å². The third-order valence-corrected chi connectivity index (χ3v) is 13.4. The molecule has 0 amide bonds. The number of ether oxygens (including phenoxy) is 2. The van der Waals surface area contributed by atoms with Gasteiger partial charge in [0.25, 0.3) is 0 Å². The van der Waals surface area contributed by atoms with Crippen LogP contribution in [0.4, 0.5) is 0 Å². The molecule has 2 atom stereocenters. The molecule has 0 bridgehead atoms. The summed E-state index contributed by atoms with van der Waals surface area (Å²) in [6.07, 6.45) is 77.5. The van der Waals surface area contributed by atoms with Gasteiger partial charge in [0.05, 0.1) is 13.2 Å². The van der Waals surface area contributed by atoms with E-state index in [4.69, 9.17) is 24.3 Å². The van der Waals surface area contributed by atoms with Gasteiger partial charge in [-0.2, -0.15) is 0 Å². The topological polar surface area (TPSA) is 134 Å². The highest BCUT2D eigenvalue weighted by molar-refractivity contribution is 7.47. The number of carbonyl (C=O) groups is 2. The second kappa shape index (κ2) is 58.2. The maximum atomic E-state index is 12.7. The first-order valence-electron chi connectivity index (χ1n) is 29.7. The molecule has 0 spiro atoms. The van der Waals surface area contributed by atoms with Crippen LogP contribution in [0.15, 0.2) is 97.2 Å². The van der Waals surface area contributed by atoms with E-state index in [0.29, 0.717) is 12.8 Å². The summed E-state index contributed by atoms with van der Waals surface area (Å²) in [6, 6.07) is 0. The van der Waals surface area contributed by atoms with E-state index in [-0.39, 0.29) is 32.6 Å². The summed E-state index contributed by atoms with van der Waals surface area (Å²) in [5.41, 5.74) is 5.38. The lowest BCUT2D eigenvalue weighted by Gasteiger charge is -2.19. The number of phosphoric acid groups is 1. The van der Waals surface area contributed by atoms with Crippen molar-refractivity contribution in [3.8, 4) is 0 Å². The fourth-order valence-electron chi connectivity index (χ4n) is 8.08. The highest BCUT2D eigenvalue weighted by Crippen LogP contribution is 2.43. The largest absolute Gasteiger partial charge is 0.472 e. The Bertz CT molecular complexity index is 1510. The van der Waals surface area contributed by atoms with Crippen LogP contribution in [0.3, 0.4) is 0 Å². The standard InChI is InChI=1S/C63H110NO8P/c1-3-5-7-9-11-13-15-17-19-21-23-24-25-26-27-28-29-30-31-32-33-34-35-36-38-40-42-44-46-48-50-52-54-56-63(66)72-61(60-71-73(67,68)70-58-57-64)59-69-62(65)55-53-51-49-47-45-43-41-39-37-22-20-18-16-14-12-10-8-6-4-2/h5,7,11-14,17-20,23-24,26-27,37,39,61H,3-4,6,8-10,15-16,21-22,25,28-36,38,40-60,64H2,1-2H3,(H,67,68)/b7-5-,13-11-,14-12-,19-17-,20-18-,24-23-,27-26-,39-37-. The van der Waals surface area contributed by atoms with Gasteiger partial charge in [-0.3, -0.25) is 18.6 Å². The molecule has 0 radical (unpaired) electrons. The van der Waals surface area contributed by atoms with Gasteiger partial charge in [0.15, 0.2) is 6.10 Å². The minimum atomic E-state index is -4.39. The number of rotatable bonds is 55.